The van der Waals surface area contributed by atoms with Crippen LogP contribution in [0.15, 0.2) is 11.6 Å². The van der Waals surface area contributed by atoms with Gasteiger partial charge in [-0.1, -0.05) is 31.6 Å². The summed E-state index contributed by atoms with van der Waals surface area (Å²) in [6.45, 7) is 4.75. The van der Waals surface area contributed by atoms with Gasteiger partial charge in [-0.25, -0.2) is 9.59 Å². The molecule has 1 atom stereocenters. The van der Waals surface area contributed by atoms with Crippen LogP contribution in [-0.4, -0.2) is 18.4 Å². The fourth-order valence-electron chi connectivity index (χ4n) is 2.26. The Balaban J connectivity index is 2.26. The van der Waals surface area contributed by atoms with Gasteiger partial charge in [-0.05, 0) is 19.3 Å². The highest BCUT2D eigenvalue weighted by atomic mass is 32.1. The highest BCUT2D eigenvalue weighted by Gasteiger charge is 2.46. The Kier molecular flexibility index (Phi) is 4.11. The fourth-order valence-corrected chi connectivity index (χ4v) is 3.14. The highest BCUT2D eigenvalue weighted by molar-refractivity contribution is 7.13. The van der Waals surface area contributed by atoms with Crippen LogP contribution in [0, 0.1) is 5.92 Å². The first-order valence-corrected chi connectivity index (χ1v) is 7.43. The Hall–Kier alpha value is -1.23. The number of carbonyl (C=O) groups excluding carboxylic acids is 2. The molecule has 0 bridgehead atoms. The predicted octanol–water partition coefficient (Wildman–Crippen LogP) is 2.24. The summed E-state index contributed by atoms with van der Waals surface area (Å²) in [5, 5.41) is 2.64. The lowest BCUT2D eigenvalue weighted by atomic mass is 10.0. The molecule has 4 nitrogen and oxygen atoms in total. The number of amides is 1. The molecule has 0 aromatic carbocycles. The predicted molar refractivity (Wildman–Crippen MR) is 70.8 cm³/mol. The van der Waals surface area contributed by atoms with Crippen LogP contribution < -0.4 is 9.47 Å². The van der Waals surface area contributed by atoms with Crippen LogP contribution in [0.3, 0.4) is 0 Å². The third kappa shape index (κ3) is 2.19. The van der Waals surface area contributed by atoms with Crippen LogP contribution in [0.2, 0.25) is 0 Å². The second-order valence-corrected chi connectivity index (χ2v) is 5.42. The van der Waals surface area contributed by atoms with Gasteiger partial charge in [0.1, 0.15) is 6.20 Å². The third-order valence-corrected chi connectivity index (χ3v) is 4.20. The molecule has 0 saturated carbocycles. The van der Waals surface area contributed by atoms with Gasteiger partial charge in [0.05, 0.1) is 6.54 Å². The van der Waals surface area contributed by atoms with Gasteiger partial charge >= 0.3 is 16.9 Å². The van der Waals surface area contributed by atoms with Crippen LogP contribution >= 0.6 is 11.3 Å². The maximum atomic E-state index is 12.3. The Morgan fingerprint density at radius 3 is 2.78 bits per heavy atom. The summed E-state index contributed by atoms with van der Waals surface area (Å²) in [4.78, 5) is 26.2. The van der Waals surface area contributed by atoms with Gasteiger partial charge in [-0.2, -0.15) is 9.47 Å². The number of hydrogen-bond donors (Lipinski definition) is 0. The van der Waals surface area contributed by atoms with Crippen molar-refractivity contribution in [1.82, 2.24) is 0 Å². The van der Waals surface area contributed by atoms with Crippen molar-refractivity contribution in [1.29, 1.82) is 0 Å². The van der Waals surface area contributed by atoms with E-state index in [1.807, 2.05) is 12.3 Å². The second kappa shape index (κ2) is 5.61. The van der Waals surface area contributed by atoms with Crippen LogP contribution in [0.5, 0.6) is 0 Å². The van der Waals surface area contributed by atoms with Gasteiger partial charge in [-0.15, -0.1) is 0 Å². The summed E-state index contributed by atoms with van der Waals surface area (Å²) in [7, 11) is 0. The standard InChI is InChI=1S/C13H19N2O2S/c1-3-5-6-7-14-11(16)10(4-2)12(17)15-8-9-18-13(14)15/h8-10H,3-7H2,1-2H3/q+1. The zero-order chi connectivity index (χ0) is 13.1. The van der Waals surface area contributed by atoms with Crippen molar-refractivity contribution in [3.63, 3.8) is 0 Å². The first-order valence-electron chi connectivity index (χ1n) is 6.55. The summed E-state index contributed by atoms with van der Waals surface area (Å²) in [6.07, 6.45) is 5.57. The molecule has 0 saturated heterocycles. The Morgan fingerprint density at radius 1 is 1.33 bits per heavy atom. The van der Waals surface area contributed by atoms with E-state index in [0.717, 1.165) is 30.9 Å². The molecule has 0 radical (unpaired) electrons. The summed E-state index contributed by atoms with van der Waals surface area (Å²) in [6, 6.07) is 0. The number of anilines is 1. The molecule has 2 rings (SSSR count). The van der Waals surface area contributed by atoms with E-state index in [1.54, 1.807) is 15.7 Å². The first-order chi connectivity index (χ1) is 8.70. The van der Waals surface area contributed by atoms with Crippen molar-refractivity contribution in [3.8, 4) is 0 Å². The van der Waals surface area contributed by atoms with E-state index < -0.39 is 5.92 Å². The zero-order valence-corrected chi connectivity index (χ0v) is 11.7. The summed E-state index contributed by atoms with van der Waals surface area (Å²) in [5.74, 6) is -0.606. The smallest absolute Gasteiger partial charge is 0.246 e. The monoisotopic (exact) mass is 267 g/mol. The molecule has 1 aromatic heterocycles. The molecule has 0 aliphatic carbocycles. The van der Waals surface area contributed by atoms with Crippen molar-refractivity contribution in [2.75, 3.05) is 11.4 Å². The van der Waals surface area contributed by atoms with Gasteiger partial charge in [0, 0.05) is 5.38 Å². The largest absolute Gasteiger partial charge is 0.351 e. The van der Waals surface area contributed by atoms with Crippen LogP contribution in [0.4, 0.5) is 5.13 Å². The minimum Gasteiger partial charge on any atom is -0.246 e. The van der Waals surface area contributed by atoms with Gasteiger partial charge in [0.25, 0.3) is 0 Å². The van der Waals surface area contributed by atoms with E-state index in [1.165, 1.54) is 11.3 Å². The van der Waals surface area contributed by atoms with E-state index in [9.17, 15) is 9.59 Å². The molecule has 0 N–H and O–H groups in total. The molecule has 2 heterocycles. The molecule has 1 unspecified atom stereocenters. The molecule has 0 fully saturated rings. The van der Waals surface area contributed by atoms with Gasteiger partial charge < -0.3 is 0 Å². The van der Waals surface area contributed by atoms with Crippen molar-refractivity contribution in [2.24, 2.45) is 5.92 Å². The number of carbonyl (C=O) groups is 2. The lowest BCUT2D eigenvalue weighted by Gasteiger charge is -2.22. The lowest BCUT2D eigenvalue weighted by molar-refractivity contribution is -0.560. The molecule has 1 amide bonds. The van der Waals surface area contributed by atoms with E-state index >= 15 is 0 Å². The third-order valence-electron chi connectivity index (χ3n) is 3.31. The van der Waals surface area contributed by atoms with Crippen molar-refractivity contribution < 1.29 is 14.2 Å². The quantitative estimate of drug-likeness (QED) is 0.466. The van der Waals surface area contributed by atoms with Gasteiger partial charge in [0.2, 0.25) is 0 Å². The fraction of sp³-hybridized carbons (Fsp3) is 0.615. The van der Waals surface area contributed by atoms with E-state index in [2.05, 4.69) is 6.92 Å². The average molecular weight is 267 g/mol. The average Bonchev–Trinajstić information content (AvgIpc) is 2.83. The summed E-state index contributed by atoms with van der Waals surface area (Å²) >= 11 is 1.46. The molecule has 0 spiro atoms. The first kappa shape index (κ1) is 13.2. The molecule has 1 aromatic rings. The number of hydrogen-bond acceptors (Lipinski definition) is 3. The molecule has 5 heteroatoms. The molecule has 18 heavy (non-hydrogen) atoms. The summed E-state index contributed by atoms with van der Waals surface area (Å²) < 4.78 is 1.63. The molecule has 98 valence electrons. The molecule has 1 aliphatic rings. The maximum absolute atomic E-state index is 12.3. The van der Waals surface area contributed by atoms with Crippen LogP contribution in [0.25, 0.3) is 0 Å². The highest BCUT2D eigenvalue weighted by Crippen LogP contribution is 2.25. The normalized spacial score (nSPS) is 19.2. The number of rotatable bonds is 5. The number of aromatic nitrogens is 1. The number of fused-ring (bicyclic) bond motifs is 1. The SMILES string of the molecule is CCCCCN1C(=O)C(CC)C(=O)[n+]2ccsc21. The Labute approximate surface area is 111 Å². The molecule has 1 aliphatic heterocycles. The van der Waals surface area contributed by atoms with E-state index in [4.69, 9.17) is 0 Å². The van der Waals surface area contributed by atoms with Crippen molar-refractivity contribution in [2.45, 2.75) is 39.5 Å². The van der Waals surface area contributed by atoms with Crippen LogP contribution in [0.1, 0.15) is 44.3 Å². The van der Waals surface area contributed by atoms with Crippen LogP contribution in [-0.2, 0) is 4.79 Å². The van der Waals surface area contributed by atoms with E-state index in [-0.39, 0.29) is 11.8 Å². The Bertz CT molecular complexity index is 456. The lowest BCUT2D eigenvalue weighted by Crippen LogP contribution is -2.59. The minimum absolute atomic E-state index is 0.0268. The van der Waals surface area contributed by atoms with Gasteiger partial charge in [0.15, 0.2) is 5.92 Å². The number of thiazole rings is 1. The van der Waals surface area contributed by atoms with Crippen molar-refractivity contribution >= 4 is 28.3 Å². The minimum atomic E-state index is -0.501. The molecular formula is C13H19N2O2S+. The summed E-state index contributed by atoms with van der Waals surface area (Å²) in [5.41, 5.74) is 0. The topological polar surface area (TPSA) is 41.3 Å². The van der Waals surface area contributed by atoms with Crippen molar-refractivity contribution in [3.05, 3.63) is 11.6 Å². The molecular weight excluding hydrogens is 248 g/mol. The number of unbranched alkanes of at least 4 members (excludes halogenated alkanes) is 2. The number of nitrogens with zero attached hydrogens (tertiary/aromatic N) is 2. The zero-order valence-electron chi connectivity index (χ0n) is 10.9. The Morgan fingerprint density at radius 2 is 2.11 bits per heavy atom. The maximum Gasteiger partial charge on any atom is 0.351 e. The van der Waals surface area contributed by atoms with Gasteiger partial charge in [-0.3, -0.25) is 0 Å². The van der Waals surface area contributed by atoms with E-state index in [0.29, 0.717) is 6.42 Å². The second-order valence-electron chi connectivity index (χ2n) is 4.55.